The van der Waals surface area contributed by atoms with Gasteiger partial charge in [-0.1, -0.05) is 64.8 Å². The summed E-state index contributed by atoms with van der Waals surface area (Å²) in [5, 5.41) is 10.3. The van der Waals surface area contributed by atoms with E-state index in [2.05, 4.69) is 6.07 Å². The maximum absolute atomic E-state index is 13.7. The lowest BCUT2D eigenvalue weighted by molar-refractivity contribution is -0.121. The van der Waals surface area contributed by atoms with Crippen LogP contribution in [0, 0.1) is 18.3 Å². The molecule has 1 aliphatic rings. The Morgan fingerprint density at radius 2 is 1.63 bits per heavy atom. The Hall–Kier alpha value is -5.47. The van der Waals surface area contributed by atoms with Gasteiger partial charge in [-0.2, -0.15) is 5.26 Å². The molecule has 5 aromatic rings. The molecule has 51 heavy (non-hydrogen) atoms. The van der Waals surface area contributed by atoms with Crippen LogP contribution in [0.4, 0.5) is 5.69 Å². The third kappa shape index (κ3) is 7.66. The molecule has 1 fully saturated rings. The highest BCUT2D eigenvalue weighted by Gasteiger charge is 2.41. The maximum Gasteiger partial charge on any atom is 0.338 e. The molecule has 254 valence electrons. The van der Waals surface area contributed by atoms with Crippen molar-refractivity contribution in [2.24, 2.45) is 0 Å². The van der Waals surface area contributed by atoms with Crippen LogP contribution in [0.15, 0.2) is 102 Å². The van der Waals surface area contributed by atoms with E-state index in [1.54, 1.807) is 7.11 Å². The lowest BCUT2D eigenvalue weighted by Crippen LogP contribution is -2.31. The molecule has 12 heteroatoms. The molecule has 6 rings (SSSR count). The number of ketones is 1. The molecule has 1 unspecified atom stereocenters. The number of pyridine rings is 1. The molecule has 2 amide bonds. The number of amides is 2. The zero-order chi connectivity index (χ0) is 36.2. The third-order valence-corrected chi connectivity index (χ3v) is 9.85. The summed E-state index contributed by atoms with van der Waals surface area (Å²) in [4.78, 5) is 58.0. The number of imide groups is 1. The fraction of sp³-hybridized carbons (Fsp3) is 0.128. The van der Waals surface area contributed by atoms with Crippen LogP contribution in [-0.2, 0) is 14.3 Å². The molecule has 1 atom stereocenters. The Morgan fingerprint density at radius 1 is 0.941 bits per heavy atom. The van der Waals surface area contributed by atoms with Gasteiger partial charge in [-0.15, -0.1) is 0 Å². The highest BCUT2D eigenvalue weighted by Crippen LogP contribution is 2.39. The first kappa shape index (κ1) is 35.4. The number of Topliss-reactive ketones (excluding diaryl/α,β-unsaturated/α-hetero) is 1. The Kier molecular flexibility index (Phi) is 10.5. The first-order valence-electron chi connectivity index (χ1n) is 15.5. The molecular formula is C39H27Cl2N3O6S. The van der Waals surface area contributed by atoms with Crippen molar-refractivity contribution in [3.8, 4) is 34.2 Å². The predicted octanol–water partition coefficient (Wildman–Crippen LogP) is 8.38. The summed E-state index contributed by atoms with van der Waals surface area (Å²) in [6, 6.07) is 29.3. The van der Waals surface area contributed by atoms with Crippen molar-refractivity contribution < 1.29 is 28.7 Å². The number of nitrogens with zero attached hydrogens (tertiary/aromatic N) is 3. The number of aryl methyl sites for hydroxylation is 1. The number of thioether (sulfide) groups is 1. The minimum absolute atomic E-state index is 0.112. The molecule has 0 radical (unpaired) electrons. The van der Waals surface area contributed by atoms with Gasteiger partial charge < -0.3 is 9.47 Å². The summed E-state index contributed by atoms with van der Waals surface area (Å²) in [6.45, 7) is 1.43. The smallest absolute Gasteiger partial charge is 0.338 e. The molecule has 1 saturated heterocycles. The van der Waals surface area contributed by atoms with E-state index in [1.165, 1.54) is 42.5 Å². The van der Waals surface area contributed by atoms with E-state index in [1.807, 2.05) is 61.5 Å². The molecule has 4 aromatic carbocycles. The van der Waals surface area contributed by atoms with Gasteiger partial charge >= 0.3 is 5.97 Å². The zero-order valence-corrected chi connectivity index (χ0v) is 29.5. The average Bonchev–Trinajstić information content (AvgIpc) is 3.41. The highest BCUT2D eigenvalue weighted by atomic mass is 35.5. The molecule has 1 aromatic heterocycles. The van der Waals surface area contributed by atoms with Crippen LogP contribution >= 0.6 is 35.0 Å². The summed E-state index contributed by atoms with van der Waals surface area (Å²) >= 11 is 13.0. The predicted molar refractivity (Wildman–Crippen MR) is 195 cm³/mol. The third-order valence-electron chi connectivity index (χ3n) is 8.13. The van der Waals surface area contributed by atoms with Crippen molar-refractivity contribution in [3.63, 3.8) is 0 Å². The van der Waals surface area contributed by atoms with Gasteiger partial charge in [0.1, 0.15) is 16.8 Å². The molecule has 2 heterocycles. The number of halogens is 2. The van der Waals surface area contributed by atoms with Crippen molar-refractivity contribution in [1.29, 1.82) is 5.26 Å². The number of hydrogen-bond donors (Lipinski definition) is 0. The second-order valence-corrected chi connectivity index (χ2v) is 13.5. The molecule has 9 nitrogen and oxygen atoms in total. The number of carbonyl (C=O) groups excluding carboxylic acids is 4. The van der Waals surface area contributed by atoms with Crippen LogP contribution in [0.2, 0.25) is 10.0 Å². The van der Waals surface area contributed by atoms with E-state index in [0.717, 1.165) is 33.4 Å². The number of hydrogen-bond acceptors (Lipinski definition) is 9. The largest absolute Gasteiger partial charge is 0.497 e. The van der Waals surface area contributed by atoms with Crippen LogP contribution in [0.5, 0.6) is 5.75 Å². The van der Waals surface area contributed by atoms with Gasteiger partial charge in [0.25, 0.3) is 0 Å². The second-order valence-electron chi connectivity index (χ2n) is 11.5. The van der Waals surface area contributed by atoms with Crippen molar-refractivity contribution >= 4 is 64.2 Å². The molecule has 0 aliphatic carbocycles. The monoisotopic (exact) mass is 735 g/mol. The maximum atomic E-state index is 13.7. The summed E-state index contributed by atoms with van der Waals surface area (Å²) in [6.07, 6.45) is -0.123. The van der Waals surface area contributed by atoms with Crippen molar-refractivity contribution in [3.05, 3.63) is 129 Å². The minimum Gasteiger partial charge on any atom is -0.497 e. The number of benzene rings is 4. The van der Waals surface area contributed by atoms with E-state index in [4.69, 9.17) is 37.7 Å². The van der Waals surface area contributed by atoms with Crippen molar-refractivity contribution in [2.75, 3.05) is 18.6 Å². The van der Waals surface area contributed by atoms with Gasteiger partial charge in [0, 0.05) is 28.1 Å². The first-order chi connectivity index (χ1) is 24.6. The minimum atomic E-state index is -0.857. The normalized spacial score (nSPS) is 13.9. The van der Waals surface area contributed by atoms with Gasteiger partial charge in [-0.05, 0) is 85.3 Å². The number of aromatic nitrogens is 1. The Balaban J connectivity index is 1.22. The number of esters is 1. The molecular weight excluding hydrogens is 709 g/mol. The highest BCUT2D eigenvalue weighted by molar-refractivity contribution is 8.00. The van der Waals surface area contributed by atoms with Crippen molar-refractivity contribution in [1.82, 2.24) is 4.98 Å². The number of ether oxygens (including phenoxy) is 2. The Bertz CT molecular complexity index is 2220. The Morgan fingerprint density at radius 3 is 2.27 bits per heavy atom. The van der Waals surface area contributed by atoms with Gasteiger partial charge in [0.15, 0.2) is 6.61 Å². The van der Waals surface area contributed by atoms with E-state index >= 15 is 0 Å². The molecule has 0 bridgehead atoms. The lowest BCUT2D eigenvalue weighted by Gasteiger charge is -2.17. The topological polar surface area (TPSA) is 127 Å². The van der Waals surface area contributed by atoms with E-state index in [9.17, 15) is 24.4 Å². The quantitative estimate of drug-likeness (QED) is 0.0790. The summed E-state index contributed by atoms with van der Waals surface area (Å²) < 4.78 is 10.5. The van der Waals surface area contributed by atoms with E-state index in [-0.39, 0.29) is 28.3 Å². The fourth-order valence-electron chi connectivity index (χ4n) is 5.44. The molecule has 0 saturated carbocycles. The van der Waals surface area contributed by atoms with Gasteiger partial charge in [-0.25, -0.2) is 14.7 Å². The second kappa shape index (κ2) is 15.2. The zero-order valence-electron chi connectivity index (χ0n) is 27.2. The number of nitriles is 1. The average molecular weight is 737 g/mol. The number of anilines is 1. The molecule has 0 spiro atoms. The van der Waals surface area contributed by atoms with Crippen LogP contribution in [0.25, 0.3) is 22.4 Å². The Labute approximate surface area is 307 Å². The first-order valence-corrected chi connectivity index (χ1v) is 17.2. The van der Waals surface area contributed by atoms with Crippen molar-refractivity contribution in [2.45, 2.75) is 23.6 Å². The number of methoxy groups -OCH3 is 1. The standard InChI is InChI=1S/C39H27Cl2N3O6S/c1-22-3-5-23(6-4-22)30-18-33(24-9-14-28(49-2)15-10-24)43-37(31(30)20-42)51-35-19-36(46)44(38(35)47)27-12-7-25(8-13-27)39(48)50-21-34(45)29-16-11-26(40)17-32(29)41/h3-18,35H,19,21H2,1-2H3. The summed E-state index contributed by atoms with van der Waals surface area (Å²) in [5.41, 5.74) is 4.71. The van der Waals surface area contributed by atoms with Crippen LogP contribution in [0.3, 0.4) is 0 Å². The fourth-order valence-corrected chi connectivity index (χ4v) is 7.08. The summed E-state index contributed by atoms with van der Waals surface area (Å²) in [7, 11) is 1.58. The molecule has 0 N–H and O–H groups in total. The SMILES string of the molecule is COc1ccc(-c2cc(-c3ccc(C)cc3)c(C#N)c(SC3CC(=O)N(c4ccc(C(=O)OCC(=O)c5ccc(Cl)cc5Cl)cc4)C3=O)n2)cc1. The van der Waals surface area contributed by atoms with E-state index < -0.39 is 35.4 Å². The van der Waals surface area contributed by atoms with E-state index in [0.29, 0.717) is 32.6 Å². The van der Waals surface area contributed by atoms with Crippen LogP contribution in [0.1, 0.15) is 38.3 Å². The number of rotatable bonds is 10. The van der Waals surface area contributed by atoms with Crippen LogP contribution in [-0.4, -0.2) is 47.5 Å². The molecule has 1 aliphatic heterocycles. The van der Waals surface area contributed by atoms with Gasteiger partial charge in [-0.3, -0.25) is 14.4 Å². The van der Waals surface area contributed by atoms with Gasteiger partial charge in [0.05, 0.1) is 39.9 Å². The van der Waals surface area contributed by atoms with Crippen LogP contribution < -0.4 is 9.64 Å². The lowest BCUT2D eigenvalue weighted by atomic mass is 9.98. The number of carbonyl (C=O) groups is 4. The van der Waals surface area contributed by atoms with Gasteiger partial charge in [0.2, 0.25) is 17.6 Å². The summed E-state index contributed by atoms with van der Waals surface area (Å²) in [5.74, 6) is -1.53.